The molecule has 0 bridgehead atoms. The summed E-state index contributed by atoms with van der Waals surface area (Å²) in [7, 11) is 0. The normalized spacial score (nSPS) is 23.7. The third-order valence-corrected chi connectivity index (χ3v) is 5.53. The van der Waals surface area contributed by atoms with Gasteiger partial charge in [-0.2, -0.15) is 0 Å². The van der Waals surface area contributed by atoms with Crippen LogP contribution >= 0.6 is 11.3 Å². The highest BCUT2D eigenvalue weighted by Gasteiger charge is 2.35. The van der Waals surface area contributed by atoms with Gasteiger partial charge in [-0.1, -0.05) is 32.0 Å². The van der Waals surface area contributed by atoms with E-state index in [9.17, 15) is 0 Å². The van der Waals surface area contributed by atoms with Crippen LogP contribution in [-0.2, 0) is 4.74 Å². The fraction of sp³-hybridized carbons (Fsp3) is 0.556. The van der Waals surface area contributed by atoms with Crippen molar-refractivity contribution in [3.8, 4) is 0 Å². The zero-order valence-electron chi connectivity index (χ0n) is 13.0. The lowest BCUT2D eigenvalue weighted by molar-refractivity contribution is 0.0776. The molecule has 2 aromatic rings. The van der Waals surface area contributed by atoms with Crippen molar-refractivity contribution in [3.05, 3.63) is 35.2 Å². The van der Waals surface area contributed by atoms with Gasteiger partial charge in [0.15, 0.2) is 0 Å². The van der Waals surface area contributed by atoms with E-state index in [2.05, 4.69) is 48.8 Å². The van der Waals surface area contributed by atoms with E-state index in [-0.39, 0.29) is 0 Å². The van der Waals surface area contributed by atoms with Gasteiger partial charge in [0.05, 0.1) is 6.10 Å². The van der Waals surface area contributed by atoms with E-state index >= 15 is 0 Å². The molecule has 114 valence electrons. The summed E-state index contributed by atoms with van der Waals surface area (Å²) in [6, 6.07) is 9.19. The van der Waals surface area contributed by atoms with Crippen LogP contribution in [0.1, 0.15) is 44.7 Å². The fourth-order valence-corrected chi connectivity index (χ4v) is 4.50. The number of fused-ring (bicyclic) bond motifs is 1. The third-order valence-electron chi connectivity index (χ3n) is 4.55. The van der Waals surface area contributed by atoms with Crippen molar-refractivity contribution in [3.63, 3.8) is 0 Å². The lowest BCUT2D eigenvalue weighted by Gasteiger charge is -2.28. The second-order valence-electron chi connectivity index (χ2n) is 5.89. The first kappa shape index (κ1) is 15.0. The van der Waals surface area contributed by atoms with Gasteiger partial charge in [-0.05, 0) is 48.2 Å². The molecule has 1 aromatic heterocycles. The number of ether oxygens (including phenoxy) is 1. The summed E-state index contributed by atoms with van der Waals surface area (Å²) < 4.78 is 7.34. The smallest absolute Gasteiger partial charge is 0.0619 e. The van der Waals surface area contributed by atoms with Crippen LogP contribution in [0.4, 0.5) is 0 Å². The topological polar surface area (TPSA) is 21.3 Å². The van der Waals surface area contributed by atoms with Gasteiger partial charge in [-0.3, -0.25) is 0 Å². The minimum Gasteiger partial charge on any atom is -0.378 e. The van der Waals surface area contributed by atoms with Crippen molar-refractivity contribution in [1.29, 1.82) is 0 Å². The van der Waals surface area contributed by atoms with Crippen molar-refractivity contribution >= 4 is 21.4 Å². The molecule has 1 fully saturated rings. The Labute approximate surface area is 131 Å². The van der Waals surface area contributed by atoms with Crippen LogP contribution in [0.2, 0.25) is 0 Å². The average Bonchev–Trinajstić information content (AvgIpc) is 3.15. The molecule has 3 heteroatoms. The number of rotatable bonds is 6. The quantitative estimate of drug-likeness (QED) is 0.831. The Morgan fingerprint density at radius 1 is 1.33 bits per heavy atom. The Bertz CT molecular complexity index is 579. The van der Waals surface area contributed by atoms with Crippen LogP contribution in [0.15, 0.2) is 29.6 Å². The summed E-state index contributed by atoms with van der Waals surface area (Å²) >= 11 is 1.86. The largest absolute Gasteiger partial charge is 0.378 e. The molecule has 1 saturated heterocycles. The number of benzene rings is 1. The third kappa shape index (κ3) is 3.01. The molecule has 1 aliphatic rings. The second kappa shape index (κ2) is 6.91. The highest BCUT2D eigenvalue weighted by Crippen LogP contribution is 2.39. The van der Waals surface area contributed by atoms with Gasteiger partial charge in [0, 0.05) is 23.3 Å². The molecule has 3 rings (SSSR count). The summed E-state index contributed by atoms with van der Waals surface area (Å²) in [5.74, 6) is 0.597. The van der Waals surface area contributed by atoms with E-state index in [0.29, 0.717) is 18.1 Å². The predicted octanol–water partition coefficient (Wildman–Crippen LogP) is 4.76. The van der Waals surface area contributed by atoms with E-state index < -0.39 is 0 Å². The van der Waals surface area contributed by atoms with Crippen molar-refractivity contribution < 1.29 is 4.74 Å². The van der Waals surface area contributed by atoms with Crippen LogP contribution in [0.25, 0.3) is 10.1 Å². The molecule has 1 aliphatic heterocycles. The molecule has 0 amide bonds. The molecule has 3 atom stereocenters. The van der Waals surface area contributed by atoms with Crippen molar-refractivity contribution in [1.82, 2.24) is 5.32 Å². The Morgan fingerprint density at radius 2 is 2.19 bits per heavy atom. The number of hydrogen-bond acceptors (Lipinski definition) is 3. The SMILES string of the molecule is CCCNC(c1csc2ccccc12)C1CCOC1CC. The maximum Gasteiger partial charge on any atom is 0.0619 e. The average molecular weight is 303 g/mol. The van der Waals surface area contributed by atoms with Crippen molar-refractivity contribution in [2.75, 3.05) is 13.2 Å². The van der Waals surface area contributed by atoms with E-state index in [1.165, 1.54) is 28.5 Å². The highest BCUT2D eigenvalue weighted by atomic mass is 32.1. The van der Waals surface area contributed by atoms with Crippen molar-refractivity contribution in [2.24, 2.45) is 5.92 Å². The monoisotopic (exact) mass is 303 g/mol. The van der Waals surface area contributed by atoms with Gasteiger partial charge in [-0.25, -0.2) is 0 Å². The van der Waals surface area contributed by atoms with Gasteiger partial charge < -0.3 is 10.1 Å². The van der Waals surface area contributed by atoms with Gasteiger partial charge in [-0.15, -0.1) is 11.3 Å². The Morgan fingerprint density at radius 3 is 3.00 bits per heavy atom. The molecule has 0 aliphatic carbocycles. The van der Waals surface area contributed by atoms with Crippen LogP contribution in [-0.4, -0.2) is 19.3 Å². The minimum absolute atomic E-state index is 0.401. The Balaban J connectivity index is 1.94. The summed E-state index contributed by atoms with van der Waals surface area (Å²) in [5.41, 5.74) is 1.47. The summed E-state index contributed by atoms with van der Waals surface area (Å²) in [5, 5.41) is 7.56. The summed E-state index contributed by atoms with van der Waals surface area (Å²) in [4.78, 5) is 0. The van der Waals surface area contributed by atoms with Crippen molar-refractivity contribution in [2.45, 2.75) is 45.3 Å². The lowest BCUT2D eigenvalue weighted by Crippen LogP contribution is -2.33. The molecular weight excluding hydrogens is 278 g/mol. The highest BCUT2D eigenvalue weighted by molar-refractivity contribution is 7.17. The molecular formula is C18H25NOS. The molecule has 0 radical (unpaired) electrons. The zero-order chi connectivity index (χ0) is 14.7. The molecule has 0 spiro atoms. The number of nitrogens with one attached hydrogen (secondary N) is 1. The van der Waals surface area contributed by atoms with Gasteiger partial charge >= 0.3 is 0 Å². The number of hydrogen-bond donors (Lipinski definition) is 1. The van der Waals surface area contributed by atoms with E-state index in [4.69, 9.17) is 4.74 Å². The van der Waals surface area contributed by atoms with Crippen LogP contribution < -0.4 is 5.32 Å². The standard InChI is InChI=1S/C18H25NOS/c1-3-10-19-18(14-9-11-20-16(14)4-2)15-12-21-17-8-6-5-7-13(15)17/h5-8,12,14,16,18-19H,3-4,9-11H2,1-2H3. The first-order valence-electron chi connectivity index (χ1n) is 8.16. The summed E-state index contributed by atoms with van der Waals surface area (Å²) in [6.07, 6.45) is 3.85. The molecule has 2 nitrogen and oxygen atoms in total. The zero-order valence-corrected chi connectivity index (χ0v) is 13.8. The first-order chi connectivity index (χ1) is 10.3. The second-order valence-corrected chi connectivity index (χ2v) is 6.80. The van der Waals surface area contributed by atoms with E-state index in [1.54, 1.807) is 0 Å². The lowest BCUT2D eigenvalue weighted by atomic mass is 9.86. The predicted molar refractivity (Wildman–Crippen MR) is 91.0 cm³/mol. The summed E-state index contributed by atoms with van der Waals surface area (Å²) in [6.45, 7) is 6.46. The van der Waals surface area contributed by atoms with Crippen LogP contribution in [0, 0.1) is 5.92 Å². The van der Waals surface area contributed by atoms with Gasteiger partial charge in [0.1, 0.15) is 0 Å². The maximum absolute atomic E-state index is 5.95. The maximum atomic E-state index is 5.95. The van der Waals surface area contributed by atoms with E-state index in [0.717, 1.165) is 19.6 Å². The van der Waals surface area contributed by atoms with Crippen LogP contribution in [0.3, 0.4) is 0 Å². The molecule has 0 saturated carbocycles. The fourth-order valence-electron chi connectivity index (χ4n) is 3.50. The first-order valence-corrected chi connectivity index (χ1v) is 9.04. The Hall–Kier alpha value is -0.900. The minimum atomic E-state index is 0.401. The van der Waals surface area contributed by atoms with Crippen LogP contribution in [0.5, 0.6) is 0 Å². The van der Waals surface area contributed by atoms with Gasteiger partial charge in [0.2, 0.25) is 0 Å². The molecule has 2 heterocycles. The van der Waals surface area contributed by atoms with Gasteiger partial charge in [0.25, 0.3) is 0 Å². The van der Waals surface area contributed by atoms with E-state index in [1.807, 2.05) is 11.3 Å². The molecule has 1 N–H and O–H groups in total. The molecule has 3 unspecified atom stereocenters. The molecule has 1 aromatic carbocycles. The molecule has 21 heavy (non-hydrogen) atoms. The number of thiophene rings is 1. The Kier molecular flexibility index (Phi) is 4.94.